The van der Waals surface area contributed by atoms with E-state index >= 15 is 0 Å². The van der Waals surface area contributed by atoms with Gasteiger partial charge in [0.15, 0.2) is 17.5 Å². The molecule has 6 heteroatoms. The summed E-state index contributed by atoms with van der Waals surface area (Å²) in [7, 11) is 0. The van der Waals surface area contributed by atoms with Gasteiger partial charge in [0, 0.05) is 54.7 Å². The third-order valence-electron chi connectivity index (χ3n) is 9.56. The number of hydrogen-bond acceptors (Lipinski definition) is 5. The van der Waals surface area contributed by atoms with E-state index in [-0.39, 0.29) is 23.0 Å². The molecule has 0 radical (unpaired) electrons. The van der Waals surface area contributed by atoms with E-state index in [9.17, 15) is 0 Å². The molecule has 11 aromatic rings. The van der Waals surface area contributed by atoms with Crippen molar-refractivity contribution >= 4 is 65.7 Å². The summed E-state index contributed by atoms with van der Waals surface area (Å²) < 4.78 is 57.7. The summed E-state index contributed by atoms with van der Waals surface area (Å²) in [4.78, 5) is 14.8. The number of para-hydroxylation sites is 3. The summed E-state index contributed by atoms with van der Waals surface area (Å²) in [5.74, 6) is 0.449. The van der Waals surface area contributed by atoms with Crippen LogP contribution in [0.1, 0.15) is 6.85 Å². The molecule has 0 unspecified atom stereocenters. The fourth-order valence-corrected chi connectivity index (χ4v) is 7.39. The fourth-order valence-electron chi connectivity index (χ4n) is 7.39. The molecule has 0 fully saturated rings. The zero-order valence-electron chi connectivity index (χ0n) is 31.7. The van der Waals surface area contributed by atoms with Gasteiger partial charge in [0.25, 0.3) is 0 Å². The molecule has 7 aromatic carbocycles. The van der Waals surface area contributed by atoms with Crippen molar-refractivity contribution in [3.8, 4) is 39.9 Å². The molecule has 0 saturated heterocycles. The average molecular weight is 660 g/mol. The number of aromatic nitrogens is 4. The Morgan fingerprint density at radius 1 is 0.451 bits per heavy atom. The molecule has 11 rings (SSSR count). The second kappa shape index (κ2) is 10.7. The molecule has 4 heterocycles. The second-order valence-electron chi connectivity index (χ2n) is 12.4. The number of fused-ring (bicyclic) bond motifs is 9. The van der Waals surface area contributed by atoms with E-state index in [0.717, 1.165) is 49.0 Å². The van der Waals surface area contributed by atoms with Gasteiger partial charge in [0.2, 0.25) is 0 Å². The quantitative estimate of drug-likeness (QED) is 0.188. The molecule has 0 aliphatic heterocycles. The molecule has 0 aliphatic rings. The Labute approximate surface area is 297 Å². The van der Waals surface area contributed by atoms with Crippen molar-refractivity contribution < 1.29 is 15.7 Å². The molecular weight excluding hydrogens is 629 g/mol. The van der Waals surface area contributed by atoms with Gasteiger partial charge >= 0.3 is 0 Å². The highest BCUT2D eigenvalue weighted by molar-refractivity contribution is 6.14. The van der Waals surface area contributed by atoms with Crippen LogP contribution >= 0.6 is 0 Å². The Balaban J connectivity index is 1.21. The second-order valence-corrected chi connectivity index (χ2v) is 12.4. The number of benzene rings is 7. The van der Waals surface area contributed by atoms with Crippen molar-refractivity contribution in [2.45, 2.75) is 0 Å². The van der Waals surface area contributed by atoms with Crippen LogP contribution in [-0.4, -0.2) is 19.5 Å². The van der Waals surface area contributed by atoms with Gasteiger partial charge in [0.05, 0.1) is 17.9 Å². The van der Waals surface area contributed by atoms with Gasteiger partial charge in [-0.05, 0) is 48.5 Å². The van der Waals surface area contributed by atoms with E-state index in [0.29, 0.717) is 33.5 Å². The van der Waals surface area contributed by atoms with Gasteiger partial charge < -0.3 is 13.4 Å². The molecule has 238 valence electrons. The summed E-state index contributed by atoms with van der Waals surface area (Å²) in [6.45, 7) is 0. The Kier molecular flexibility index (Phi) is 4.91. The lowest BCUT2D eigenvalue weighted by Crippen LogP contribution is -2.00. The predicted octanol–water partition coefficient (Wildman–Crippen LogP) is 11.8. The van der Waals surface area contributed by atoms with E-state index in [1.807, 2.05) is 78.9 Å². The maximum atomic E-state index is 8.85. The largest absolute Gasteiger partial charge is 0.456 e. The lowest BCUT2D eigenvalue weighted by molar-refractivity contribution is 0.668. The minimum absolute atomic E-state index is 0.0532. The van der Waals surface area contributed by atoms with Crippen LogP contribution in [0.25, 0.3) is 106 Å². The summed E-state index contributed by atoms with van der Waals surface area (Å²) >= 11 is 0. The summed E-state index contributed by atoms with van der Waals surface area (Å²) in [5.41, 5.74) is 6.87. The summed E-state index contributed by atoms with van der Waals surface area (Å²) in [5, 5.41) is 5.56. The van der Waals surface area contributed by atoms with Crippen LogP contribution in [0, 0.1) is 0 Å². The van der Waals surface area contributed by atoms with Crippen molar-refractivity contribution in [3.05, 3.63) is 158 Å². The third-order valence-corrected chi connectivity index (χ3v) is 9.56. The standard InChI is InChI=1S/C45H26N4O2/c1-2-12-27(13-3-1)43-46-44(32-17-10-22-39-41(32)31-16-6-9-21-37(31)50-39)48-45(47-43)33-18-11-23-40-42(33)34-26-28(24-25-38(34)51-40)49-35-19-7-4-14-29(35)30-15-5-8-20-36(30)49/h1-26H/i1D,2D,3D,12D,13D. The topological polar surface area (TPSA) is 69.9 Å². The van der Waals surface area contributed by atoms with Crippen molar-refractivity contribution in [1.82, 2.24) is 19.5 Å². The highest BCUT2D eigenvalue weighted by atomic mass is 16.3. The minimum atomic E-state index is -0.499. The number of hydrogen-bond donors (Lipinski definition) is 0. The zero-order chi connectivity index (χ0) is 37.8. The molecule has 0 saturated carbocycles. The van der Waals surface area contributed by atoms with E-state index in [1.54, 1.807) is 0 Å². The van der Waals surface area contributed by atoms with Crippen molar-refractivity contribution in [3.63, 3.8) is 0 Å². The van der Waals surface area contributed by atoms with Crippen molar-refractivity contribution in [1.29, 1.82) is 0 Å². The first-order valence-electron chi connectivity index (χ1n) is 19.0. The van der Waals surface area contributed by atoms with Gasteiger partial charge in [-0.2, -0.15) is 0 Å². The first kappa shape index (κ1) is 23.3. The van der Waals surface area contributed by atoms with Crippen LogP contribution in [-0.2, 0) is 0 Å². The van der Waals surface area contributed by atoms with Gasteiger partial charge in [-0.1, -0.05) is 109 Å². The number of nitrogens with zero attached hydrogens (tertiary/aromatic N) is 4. The third kappa shape index (κ3) is 4.20. The first-order valence-corrected chi connectivity index (χ1v) is 16.5. The van der Waals surface area contributed by atoms with Crippen molar-refractivity contribution in [2.75, 3.05) is 0 Å². The number of rotatable bonds is 4. The van der Waals surface area contributed by atoms with Crippen LogP contribution in [0.15, 0.2) is 166 Å². The molecule has 6 nitrogen and oxygen atoms in total. The molecular formula is C45H26N4O2. The molecule has 0 amide bonds. The highest BCUT2D eigenvalue weighted by Crippen LogP contribution is 2.40. The fraction of sp³-hybridized carbons (Fsp3) is 0. The summed E-state index contributed by atoms with van der Waals surface area (Å²) in [6.07, 6.45) is 0. The Morgan fingerprint density at radius 3 is 1.65 bits per heavy atom. The maximum absolute atomic E-state index is 8.85. The SMILES string of the molecule is [2H]c1c([2H])c([2H])c(-c2nc(-c3cccc4oc5ccccc5c34)nc(-c3cccc4oc5ccc(-n6c7ccccc7c7ccccc76)cc5c34)n2)c([2H])c1[2H]. The molecule has 51 heavy (non-hydrogen) atoms. The normalized spacial score (nSPS) is 13.3. The molecule has 0 spiro atoms. The average Bonchev–Trinajstić information content (AvgIpc) is 3.91. The van der Waals surface area contributed by atoms with Crippen molar-refractivity contribution in [2.24, 2.45) is 0 Å². The molecule has 0 bridgehead atoms. The Morgan fingerprint density at radius 2 is 0.980 bits per heavy atom. The summed E-state index contributed by atoms with van der Waals surface area (Å²) in [6, 6.07) is 39.6. The molecule has 4 aromatic heterocycles. The van der Waals surface area contributed by atoms with Crippen LogP contribution in [0.4, 0.5) is 0 Å². The minimum Gasteiger partial charge on any atom is -0.456 e. The van der Waals surface area contributed by atoms with Crippen LogP contribution in [0.3, 0.4) is 0 Å². The Bertz CT molecular complexity index is 3380. The molecule has 0 N–H and O–H groups in total. The van der Waals surface area contributed by atoms with Crippen LogP contribution < -0.4 is 0 Å². The van der Waals surface area contributed by atoms with E-state index < -0.39 is 30.2 Å². The monoisotopic (exact) mass is 659 g/mol. The van der Waals surface area contributed by atoms with Gasteiger partial charge in [0.1, 0.15) is 22.3 Å². The van der Waals surface area contributed by atoms with E-state index in [4.69, 9.17) is 30.6 Å². The van der Waals surface area contributed by atoms with Crippen LogP contribution in [0.2, 0.25) is 0 Å². The van der Waals surface area contributed by atoms with Gasteiger partial charge in [-0.15, -0.1) is 0 Å². The molecule has 0 atom stereocenters. The van der Waals surface area contributed by atoms with E-state index in [2.05, 4.69) is 53.1 Å². The lowest BCUT2D eigenvalue weighted by atomic mass is 10.0. The van der Waals surface area contributed by atoms with Gasteiger partial charge in [-0.3, -0.25) is 0 Å². The number of furan rings is 2. The highest BCUT2D eigenvalue weighted by Gasteiger charge is 2.21. The predicted molar refractivity (Wildman–Crippen MR) is 205 cm³/mol. The first-order chi connectivity index (χ1) is 27.4. The lowest BCUT2D eigenvalue weighted by Gasteiger charge is -2.10. The van der Waals surface area contributed by atoms with Gasteiger partial charge in [-0.25, -0.2) is 15.0 Å². The van der Waals surface area contributed by atoms with Crippen LogP contribution in [0.5, 0.6) is 0 Å². The maximum Gasteiger partial charge on any atom is 0.164 e. The Hall–Kier alpha value is -7.05. The molecule has 0 aliphatic carbocycles. The van der Waals surface area contributed by atoms with E-state index in [1.165, 1.54) is 0 Å². The zero-order valence-corrected chi connectivity index (χ0v) is 26.7. The smallest absolute Gasteiger partial charge is 0.164 e.